The molecule has 0 bridgehead atoms. The zero-order valence-electron chi connectivity index (χ0n) is 13.9. The molecule has 0 heterocycles. The molecule has 22 heavy (non-hydrogen) atoms. The first-order chi connectivity index (χ1) is 10.5. The van der Waals surface area contributed by atoms with Crippen molar-refractivity contribution in [2.75, 3.05) is 6.54 Å². The van der Waals surface area contributed by atoms with Crippen molar-refractivity contribution >= 4 is 12.3 Å². The summed E-state index contributed by atoms with van der Waals surface area (Å²) in [5.74, 6) is 0.0406. The highest BCUT2D eigenvalue weighted by Crippen LogP contribution is 2.26. The van der Waals surface area contributed by atoms with E-state index in [9.17, 15) is 9.59 Å². The number of hydrogen-bond acceptors (Lipinski definition) is 3. The first-order valence-corrected chi connectivity index (χ1v) is 8.07. The average molecular weight is 308 g/mol. The lowest BCUT2D eigenvalue weighted by Gasteiger charge is -2.29. The number of rotatable bonds is 7. The summed E-state index contributed by atoms with van der Waals surface area (Å²) in [7, 11) is 0. The molecule has 0 radical (unpaired) electrons. The fourth-order valence-electron chi connectivity index (χ4n) is 3.13. The number of allylic oxidation sites excluding steroid dienone is 3. The van der Waals surface area contributed by atoms with Crippen molar-refractivity contribution in [1.82, 2.24) is 10.4 Å². The number of amides is 2. The number of nitrogens with one attached hydrogen (secondary N) is 1. The summed E-state index contributed by atoms with van der Waals surface area (Å²) in [5, 5.41) is 8.66. The van der Waals surface area contributed by atoms with Gasteiger partial charge in [0, 0.05) is 17.8 Å². The lowest BCUT2D eigenvalue weighted by Crippen LogP contribution is -2.29. The van der Waals surface area contributed by atoms with Crippen LogP contribution < -0.4 is 5.48 Å². The Morgan fingerprint density at radius 2 is 1.91 bits per heavy atom. The van der Waals surface area contributed by atoms with E-state index in [0.29, 0.717) is 11.5 Å². The van der Waals surface area contributed by atoms with Gasteiger partial charge in [-0.05, 0) is 50.7 Å². The molecule has 0 saturated heterocycles. The third-order valence-corrected chi connectivity index (χ3v) is 4.34. The maximum absolute atomic E-state index is 11.5. The lowest BCUT2D eigenvalue weighted by atomic mass is 9.89. The molecule has 1 saturated carbocycles. The summed E-state index contributed by atoms with van der Waals surface area (Å²) in [6.45, 7) is 6.29. The minimum atomic E-state index is -0.528. The zero-order chi connectivity index (χ0) is 16.5. The van der Waals surface area contributed by atoms with Crippen molar-refractivity contribution in [2.24, 2.45) is 5.92 Å². The first-order valence-electron chi connectivity index (χ1n) is 8.07. The minimum Gasteiger partial charge on any atom is -0.318 e. The molecule has 2 N–H and O–H groups in total. The van der Waals surface area contributed by atoms with E-state index in [4.69, 9.17) is 5.21 Å². The maximum Gasteiger partial charge on any atom is 0.270 e. The molecule has 124 valence electrons. The number of hydrogen-bond donors (Lipinski definition) is 2. The third kappa shape index (κ3) is 5.30. The Labute approximate surface area is 133 Å². The van der Waals surface area contributed by atoms with E-state index in [2.05, 4.69) is 0 Å². The van der Waals surface area contributed by atoms with Crippen LogP contribution in [-0.4, -0.2) is 29.0 Å². The van der Waals surface area contributed by atoms with E-state index in [1.54, 1.807) is 23.4 Å². The fourth-order valence-corrected chi connectivity index (χ4v) is 3.13. The van der Waals surface area contributed by atoms with Crippen molar-refractivity contribution in [3.05, 3.63) is 22.9 Å². The highest BCUT2D eigenvalue weighted by atomic mass is 16.5. The van der Waals surface area contributed by atoms with E-state index in [0.717, 1.165) is 30.6 Å². The van der Waals surface area contributed by atoms with Crippen LogP contribution in [0.1, 0.15) is 59.3 Å². The third-order valence-electron chi connectivity index (χ3n) is 4.34. The molecule has 1 fully saturated rings. The molecule has 0 unspecified atom stereocenters. The molecule has 5 heteroatoms. The Bertz CT molecular complexity index is 449. The molecule has 1 aliphatic carbocycles. The quantitative estimate of drug-likeness (QED) is 0.249. The summed E-state index contributed by atoms with van der Waals surface area (Å²) in [5.41, 5.74) is 3.85. The van der Waals surface area contributed by atoms with Crippen LogP contribution in [-0.2, 0) is 9.59 Å². The average Bonchev–Trinajstić information content (AvgIpc) is 2.54. The van der Waals surface area contributed by atoms with Crippen molar-refractivity contribution < 1.29 is 14.8 Å². The normalized spacial score (nSPS) is 17.7. The Morgan fingerprint density at radius 3 is 2.41 bits per heavy atom. The summed E-state index contributed by atoms with van der Waals surface area (Å²) in [6, 6.07) is 0. The zero-order valence-corrected chi connectivity index (χ0v) is 13.9. The number of nitrogens with zero attached hydrogens (tertiary/aromatic N) is 1. The van der Waals surface area contributed by atoms with Crippen LogP contribution in [0.5, 0.6) is 0 Å². The van der Waals surface area contributed by atoms with Gasteiger partial charge in [-0.2, -0.15) is 0 Å². The topological polar surface area (TPSA) is 69.6 Å². The van der Waals surface area contributed by atoms with Gasteiger partial charge in [-0.25, -0.2) is 5.48 Å². The largest absolute Gasteiger partial charge is 0.318 e. The fraction of sp³-hybridized carbons (Fsp3) is 0.647. The van der Waals surface area contributed by atoms with E-state index < -0.39 is 5.91 Å². The van der Waals surface area contributed by atoms with Crippen molar-refractivity contribution in [2.45, 2.75) is 59.3 Å². The van der Waals surface area contributed by atoms with Crippen LogP contribution in [0.25, 0.3) is 0 Å². The van der Waals surface area contributed by atoms with E-state index in [-0.39, 0.29) is 0 Å². The molecule has 1 rings (SSSR count). The van der Waals surface area contributed by atoms with Crippen LogP contribution in [0.2, 0.25) is 0 Å². The van der Waals surface area contributed by atoms with Gasteiger partial charge in [0.2, 0.25) is 6.41 Å². The molecule has 0 aromatic heterocycles. The van der Waals surface area contributed by atoms with Gasteiger partial charge in [0.25, 0.3) is 5.91 Å². The Hall–Kier alpha value is -1.62. The van der Waals surface area contributed by atoms with E-state index >= 15 is 0 Å². The molecular formula is C17H28N2O3. The van der Waals surface area contributed by atoms with Gasteiger partial charge in [0.05, 0.1) is 0 Å². The first kappa shape index (κ1) is 18.4. The number of carbonyl (C=O) groups excluding carboxylic acids is 2. The molecule has 1 aliphatic rings. The maximum atomic E-state index is 11.5. The van der Waals surface area contributed by atoms with Crippen LogP contribution in [0.4, 0.5) is 0 Å². The molecule has 0 aliphatic heterocycles. The predicted octanol–water partition coefficient (Wildman–Crippen LogP) is 3.16. The van der Waals surface area contributed by atoms with Crippen LogP contribution in [0.3, 0.4) is 0 Å². The second-order valence-corrected chi connectivity index (χ2v) is 6.01. The molecule has 0 atom stereocenters. The molecule has 0 aromatic rings. The van der Waals surface area contributed by atoms with E-state index in [1.165, 1.54) is 32.1 Å². The van der Waals surface area contributed by atoms with Gasteiger partial charge in [-0.3, -0.25) is 14.8 Å². The predicted molar refractivity (Wildman–Crippen MR) is 86.0 cm³/mol. The standard InChI is InChI=1S/C17H28N2O3/c1-4-16(13(2)10-14(3)17(21)18-22)19(12-20)11-15-8-6-5-7-9-15/h10,12,15,22H,4-9,11H2,1-3H3,(H,18,21)/b14-10+,16-13-. The van der Waals surface area contributed by atoms with Gasteiger partial charge < -0.3 is 4.90 Å². The molecule has 0 spiro atoms. The van der Waals surface area contributed by atoms with Crippen molar-refractivity contribution in [1.29, 1.82) is 0 Å². The number of carbonyl (C=O) groups is 2. The Kier molecular flexibility index (Phi) is 7.88. The molecule has 2 amide bonds. The van der Waals surface area contributed by atoms with E-state index in [1.807, 2.05) is 13.8 Å². The highest BCUT2D eigenvalue weighted by molar-refractivity contribution is 5.92. The Balaban J connectivity index is 2.90. The summed E-state index contributed by atoms with van der Waals surface area (Å²) < 4.78 is 0. The van der Waals surface area contributed by atoms with Gasteiger partial charge in [0.1, 0.15) is 0 Å². The monoisotopic (exact) mass is 308 g/mol. The minimum absolute atomic E-state index is 0.412. The number of hydroxylamine groups is 1. The Morgan fingerprint density at radius 1 is 1.27 bits per heavy atom. The van der Waals surface area contributed by atoms with Crippen LogP contribution >= 0.6 is 0 Å². The molecule has 0 aromatic carbocycles. The second kappa shape index (κ2) is 9.41. The summed E-state index contributed by atoms with van der Waals surface area (Å²) in [6.07, 6.45) is 9.49. The molecule has 5 nitrogen and oxygen atoms in total. The van der Waals surface area contributed by atoms with Crippen LogP contribution in [0.15, 0.2) is 22.9 Å². The van der Waals surface area contributed by atoms with Crippen molar-refractivity contribution in [3.8, 4) is 0 Å². The van der Waals surface area contributed by atoms with Gasteiger partial charge >= 0.3 is 0 Å². The van der Waals surface area contributed by atoms with Gasteiger partial charge in [-0.1, -0.05) is 26.2 Å². The smallest absolute Gasteiger partial charge is 0.270 e. The summed E-state index contributed by atoms with van der Waals surface area (Å²) >= 11 is 0. The van der Waals surface area contributed by atoms with Crippen molar-refractivity contribution in [3.63, 3.8) is 0 Å². The van der Waals surface area contributed by atoms with Gasteiger partial charge in [-0.15, -0.1) is 0 Å². The second-order valence-electron chi connectivity index (χ2n) is 6.01. The molecular weight excluding hydrogens is 280 g/mol. The van der Waals surface area contributed by atoms with Crippen LogP contribution in [0, 0.1) is 5.92 Å². The SMILES string of the molecule is CC/C(=C(C)/C=C(\C)C(=O)NO)N(C=O)CC1CCCCC1. The van der Waals surface area contributed by atoms with Gasteiger partial charge in [0.15, 0.2) is 0 Å². The summed E-state index contributed by atoms with van der Waals surface area (Å²) in [4.78, 5) is 24.7. The highest BCUT2D eigenvalue weighted by Gasteiger charge is 2.19. The lowest BCUT2D eigenvalue weighted by molar-refractivity contribution is -0.125.